The van der Waals surface area contributed by atoms with Crippen LogP contribution in [0.15, 0.2) is 66.7 Å². The predicted molar refractivity (Wildman–Crippen MR) is 116 cm³/mol. The first kappa shape index (κ1) is 18.9. The summed E-state index contributed by atoms with van der Waals surface area (Å²) in [4.78, 5) is 12.1. The largest absolute Gasteiger partial charge is 0.348 e. The van der Waals surface area contributed by atoms with Crippen molar-refractivity contribution in [1.82, 2.24) is 15.1 Å². The zero-order valence-electron chi connectivity index (χ0n) is 15.5. The molecule has 30 heavy (non-hydrogen) atoms. The Morgan fingerprint density at radius 1 is 0.933 bits per heavy atom. The summed E-state index contributed by atoms with van der Waals surface area (Å²) in [7, 11) is 0. The maximum absolute atomic E-state index is 14.1. The Balaban J connectivity index is 1.75. The molecule has 1 aromatic heterocycles. The Morgan fingerprint density at radius 2 is 1.73 bits per heavy atom. The van der Waals surface area contributed by atoms with E-state index >= 15 is 0 Å². The van der Waals surface area contributed by atoms with Crippen LogP contribution in [0, 0.1) is 5.82 Å². The number of aromatic nitrogens is 2. The molecular formula is C23H14Cl2FN3O. The normalized spacial score (nSPS) is 12.7. The third kappa shape index (κ3) is 3.26. The second-order valence-corrected chi connectivity index (χ2v) is 7.85. The number of hydrogen-bond acceptors (Lipinski definition) is 2. The molecule has 0 saturated heterocycles. The Hall–Kier alpha value is -3.15. The minimum Gasteiger partial charge on any atom is -0.348 e. The lowest BCUT2D eigenvalue weighted by atomic mass is 10.00. The molecule has 4 aromatic rings. The van der Waals surface area contributed by atoms with Gasteiger partial charge in [0.25, 0.3) is 5.91 Å². The average Bonchev–Trinajstić information content (AvgIpc) is 3.32. The standard InChI is InChI=1S/C23H14Cl2FN3O/c24-14-3-1-4-17(10-14)29-22(13-7-15(25)9-16(26)8-13)11-21(28-29)18-5-2-6-19-20(18)12-27-23(19)30/h1-11H,12H2,(H,27,30). The van der Waals surface area contributed by atoms with Crippen LogP contribution < -0.4 is 5.32 Å². The second-order valence-electron chi connectivity index (χ2n) is 6.98. The van der Waals surface area contributed by atoms with Gasteiger partial charge in [-0.05, 0) is 54.1 Å². The molecule has 0 radical (unpaired) electrons. The molecule has 0 bridgehead atoms. The van der Waals surface area contributed by atoms with Gasteiger partial charge in [0.1, 0.15) is 5.82 Å². The fourth-order valence-electron chi connectivity index (χ4n) is 3.72. The summed E-state index contributed by atoms with van der Waals surface area (Å²) < 4.78 is 15.8. The molecule has 0 spiro atoms. The van der Waals surface area contributed by atoms with Crippen molar-refractivity contribution in [3.63, 3.8) is 0 Å². The molecule has 0 atom stereocenters. The van der Waals surface area contributed by atoms with E-state index in [-0.39, 0.29) is 5.91 Å². The average molecular weight is 438 g/mol. The lowest BCUT2D eigenvalue weighted by Gasteiger charge is -2.08. The third-order valence-corrected chi connectivity index (χ3v) is 5.50. The molecule has 1 N–H and O–H groups in total. The highest BCUT2D eigenvalue weighted by Gasteiger charge is 2.24. The van der Waals surface area contributed by atoms with Crippen LogP contribution in [0.25, 0.3) is 28.2 Å². The number of nitrogens with zero attached hydrogens (tertiary/aromatic N) is 2. The Morgan fingerprint density at radius 3 is 2.53 bits per heavy atom. The van der Waals surface area contributed by atoms with E-state index in [1.807, 2.05) is 30.3 Å². The SMILES string of the molecule is O=C1NCc2c1cccc2-c1cc(-c2cc(F)cc(Cl)c2)n(-c2cccc(Cl)c2)n1. The molecule has 148 valence electrons. The maximum atomic E-state index is 14.1. The highest BCUT2D eigenvalue weighted by molar-refractivity contribution is 6.31. The van der Waals surface area contributed by atoms with Crippen molar-refractivity contribution in [3.8, 4) is 28.2 Å². The Kier molecular flexibility index (Phi) is 4.57. The predicted octanol–water partition coefficient (Wildman–Crippen LogP) is 5.90. The number of fused-ring (bicyclic) bond motifs is 1. The van der Waals surface area contributed by atoms with E-state index in [0.717, 1.165) is 16.8 Å². The van der Waals surface area contributed by atoms with Gasteiger partial charge in [0.15, 0.2) is 0 Å². The van der Waals surface area contributed by atoms with Crippen LogP contribution in [0.2, 0.25) is 10.0 Å². The summed E-state index contributed by atoms with van der Waals surface area (Å²) in [6, 6.07) is 19.0. The fraction of sp³-hybridized carbons (Fsp3) is 0.0435. The lowest BCUT2D eigenvalue weighted by Crippen LogP contribution is -2.12. The molecule has 0 saturated carbocycles. The number of hydrogen-bond donors (Lipinski definition) is 1. The minimum absolute atomic E-state index is 0.0988. The van der Waals surface area contributed by atoms with Crippen molar-refractivity contribution < 1.29 is 9.18 Å². The summed E-state index contributed by atoms with van der Waals surface area (Å²) in [5, 5.41) is 8.48. The Bertz CT molecular complexity index is 1300. The van der Waals surface area contributed by atoms with Crippen LogP contribution in [0.1, 0.15) is 15.9 Å². The van der Waals surface area contributed by atoms with E-state index in [1.54, 1.807) is 28.9 Å². The molecule has 1 amide bonds. The smallest absolute Gasteiger partial charge is 0.251 e. The van der Waals surface area contributed by atoms with Gasteiger partial charge in [-0.3, -0.25) is 4.79 Å². The summed E-state index contributed by atoms with van der Waals surface area (Å²) >= 11 is 12.3. The number of carbonyl (C=O) groups excluding carboxylic acids is 1. The van der Waals surface area contributed by atoms with E-state index in [1.165, 1.54) is 12.1 Å². The topological polar surface area (TPSA) is 46.9 Å². The van der Waals surface area contributed by atoms with Crippen molar-refractivity contribution in [1.29, 1.82) is 0 Å². The van der Waals surface area contributed by atoms with Crippen LogP contribution in [0.4, 0.5) is 4.39 Å². The van der Waals surface area contributed by atoms with Crippen molar-refractivity contribution in [3.05, 3.63) is 93.7 Å². The number of halogens is 3. The van der Waals surface area contributed by atoms with Crippen molar-refractivity contribution in [2.24, 2.45) is 0 Å². The minimum atomic E-state index is -0.437. The molecule has 5 rings (SSSR count). The summed E-state index contributed by atoms with van der Waals surface area (Å²) in [5.41, 5.74) is 5.01. The second kappa shape index (κ2) is 7.27. The zero-order chi connectivity index (χ0) is 20.8. The molecule has 0 aliphatic carbocycles. The van der Waals surface area contributed by atoms with Gasteiger partial charge in [-0.1, -0.05) is 41.4 Å². The van der Waals surface area contributed by atoms with Gasteiger partial charge in [-0.2, -0.15) is 5.10 Å². The summed E-state index contributed by atoms with van der Waals surface area (Å²) in [5.74, 6) is -0.536. The van der Waals surface area contributed by atoms with Gasteiger partial charge in [-0.25, -0.2) is 9.07 Å². The van der Waals surface area contributed by atoms with E-state index in [9.17, 15) is 9.18 Å². The van der Waals surface area contributed by atoms with Gasteiger partial charge in [-0.15, -0.1) is 0 Å². The molecule has 0 unspecified atom stereocenters. The monoisotopic (exact) mass is 437 g/mol. The lowest BCUT2D eigenvalue weighted by molar-refractivity contribution is 0.0965. The molecule has 2 heterocycles. The zero-order valence-corrected chi connectivity index (χ0v) is 17.0. The van der Waals surface area contributed by atoms with E-state index in [0.29, 0.717) is 39.1 Å². The maximum Gasteiger partial charge on any atom is 0.251 e. The molecule has 4 nitrogen and oxygen atoms in total. The van der Waals surface area contributed by atoms with Crippen LogP contribution in [0.3, 0.4) is 0 Å². The van der Waals surface area contributed by atoms with Crippen LogP contribution in [-0.2, 0) is 6.54 Å². The van der Waals surface area contributed by atoms with Gasteiger partial charge >= 0.3 is 0 Å². The van der Waals surface area contributed by atoms with Crippen LogP contribution in [-0.4, -0.2) is 15.7 Å². The highest BCUT2D eigenvalue weighted by Crippen LogP contribution is 2.34. The summed E-state index contributed by atoms with van der Waals surface area (Å²) in [6.07, 6.45) is 0. The van der Waals surface area contributed by atoms with Crippen molar-refractivity contribution >= 4 is 29.1 Å². The molecule has 3 aromatic carbocycles. The number of carbonyl (C=O) groups is 1. The van der Waals surface area contributed by atoms with Crippen LogP contribution >= 0.6 is 23.2 Å². The van der Waals surface area contributed by atoms with E-state index < -0.39 is 5.82 Å². The Labute approximate surface area is 181 Å². The number of benzene rings is 3. The quantitative estimate of drug-likeness (QED) is 0.433. The van der Waals surface area contributed by atoms with E-state index in [2.05, 4.69) is 5.32 Å². The number of amides is 1. The van der Waals surface area contributed by atoms with Gasteiger partial charge in [0.05, 0.1) is 17.1 Å². The molecule has 1 aliphatic rings. The van der Waals surface area contributed by atoms with E-state index in [4.69, 9.17) is 28.3 Å². The highest BCUT2D eigenvalue weighted by atomic mass is 35.5. The number of nitrogens with one attached hydrogen (secondary N) is 1. The van der Waals surface area contributed by atoms with Gasteiger partial charge in [0, 0.05) is 33.3 Å². The number of rotatable bonds is 3. The first-order valence-electron chi connectivity index (χ1n) is 9.22. The fourth-order valence-corrected chi connectivity index (χ4v) is 4.12. The first-order chi connectivity index (χ1) is 14.5. The van der Waals surface area contributed by atoms with Crippen molar-refractivity contribution in [2.75, 3.05) is 0 Å². The summed E-state index contributed by atoms with van der Waals surface area (Å²) in [6.45, 7) is 0.440. The van der Waals surface area contributed by atoms with Gasteiger partial charge < -0.3 is 5.32 Å². The molecular weight excluding hydrogens is 424 g/mol. The molecule has 0 fully saturated rings. The molecule has 7 heteroatoms. The first-order valence-corrected chi connectivity index (χ1v) is 9.98. The van der Waals surface area contributed by atoms with Crippen LogP contribution in [0.5, 0.6) is 0 Å². The third-order valence-electron chi connectivity index (χ3n) is 5.04. The van der Waals surface area contributed by atoms with Gasteiger partial charge in [0.2, 0.25) is 0 Å². The van der Waals surface area contributed by atoms with Crippen molar-refractivity contribution in [2.45, 2.75) is 6.54 Å². The molecule has 1 aliphatic heterocycles.